The van der Waals surface area contributed by atoms with Gasteiger partial charge in [-0.15, -0.1) is 0 Å². The van der Waals surface area contributed by atoms with Crippen LogP contribution in [0.3, 0.4) is 0 Å². The second-order valence-electron chi connectivity index (χ2n) is 5.99. The molecule has 0 saturated heterocycles. The molecule has 0 atom stereocenters. The molecular weight excluding hydrogens is 296 g/mol. The first-order chi connectivity index (χ1) is 10.8. The highest BCUT2D eigenvalue weighted by Gasteiger charge is 2.14. The number of rotatable bonds is 7. The molecule has 0 aliphatic heterocycles. The average molecular weight is 322 g/mol. The summed E-state index contributed by atoms with van der Waals surface area (Å²) in [5.74, 6) is 0.589. The van der Waals surface area contributed by atoms with Gasteiger partial charge in [-0.05, 0) is 38.5 Å². The number of phenols is 1. The number of nitrogens with one attached hydrogen (secondary N) is 2. The van der Waals surface area contributed by atoms with Gasteiger partial charge in [-0.25, -0.2) is 4.79 Å². The molecular formula is C17H26N2O4. The minimum Gasteiger partial charge on any atom is -0.504 e. The minimum absolute atomic E-state index is 0.129. The third-order valence-electron chi connectivity index (χ3n) is 2.77. The zero-order valence-corrected chi connectivity index (χ0v) is 14.2. The van der Waals surface area contributed by atoms with Crippen molar-refractivity contribution in [2.24, 2.45) is 0 Å². The Morgan fingerprint density at radius 2 is 1.96 bits per heavy atom. The van der Waals surface area contributed by atoms with Gasteiger partial charge in [0.05, 0.1) is 7.11 Å². The molecule has 0 unspecified atom stereocenters. The maximum atomic E-state index is 11.4. The first kappa shape index (κ1) is 18.8. The summed E-state index contributed by atoms with van der Waals surface area (Å²) < 4.78 is 10.2. The molecule has 6 nitrogen and oxygen atoms in total. The third-order valence-corrected chi connectivity index (χ3v) is 2.77. The molecule has 1 amide bonds. The number of carbonyl (C=O) groups is 1. The van der Waals surface area contributed by atoms with Crippen LogP contribution in [0.4, 0.5) is 4.79 Å². The summed E-state index contributed by atoms with van der Waals surface area (Å²) in [5.41, 5.74) is 0.528. The van der Waals surface area contributed by atoms with Gasteiger partial charge in [-0.3, -0.25) is 0 Å². The summed E-state index contributed by atoms with van der Waals surface area (Å²) in [6.45, 7) is 7.21. The highest BCUT2D eigenvalue weighted by Crippen LogP contribution is 2.25. The predicted octanol–water partition coefficient (Wildman–Crippen LogP) is 2.57. The lowest BCUT2D eigenvalue weighted by Crippen LogP contribution is -2.32. The predicted molar refractivity (Wildman–Crippen MR) is 89.7 cm³/mol. The van der Waals surface area contributed by atoms with Crippen LogP contribution in [0.15, 0.2) is 30.4 Å². The van der Waals surface area contributed by atoms with E-state index in [2.05, 4.69) is 10.6 Å². The lowest BCUT2D eigenvalue weighted by atomic mass is 10.2. The Morgan fingerprint density at radius 3 is 2.61 bits per heavy atom. The molecule has 1 aromatic carbocycles. The zero-order chi connectivity index (χ0) is 17.3. The highest BCUT2D eigenvalue weighted by atomic mass is 16.6. The molecule has 0 saturated carbocycles. The van der Waals surface area contributed by atoms with E-state index in [1.807, 2.05) is 39.0 Å². The summed E-state index contributed by atoms with van der Waals surface area (Å²) >= 11 is 0. The van der Waals surface area contributed by atoms with Crippen LogP contribution in [0.2, 0.25) is 0 Å². The average Bonchev–Trinajstić information content (AvgIpc) is 2.46. The number of amides is 1. The van der Waals surface area contributed by atoms with Crippen molar-refractivity contribution < 1.29 is 19.4 Å². The second kappa shape index (κ2) is 9.05. The molecule has 23 heavy (non-hydrogen) atoms. The van der Waals surface area contributed by atoms with E-state index in [1.54, 1.807) is 12.1 Å². The van der Waals surface area contributed by atoms with Gasteiger partial charge in [0.15, 0.2) is 11.5 Å². The first-order valence-corrected chi connectivity index (χ1v) is 7.50. The van der Waals surface area contributed by atoms with Crippen LogP contribution in [-0.2, 0) is 11.3 Å². The molecule has 0 heterocycles. The number of phenolic OH excluding ortho intramolecular Hbond substituents is 1. The molecule has 1 aromatic rings. The topological polar surface area (TPSA) is 79.8 Å². The third kappa shape index (κ3) is 8.11. The Morgan fingerprint density at radius 1 is 1.26 bits per heavy atom. The number of aromatic hydroxyl groups is 1. The lowest BCUT2D eigenvalue weighted by Gasteiger charge is -2.19. The molecule has 0 bridgehead atoms. The van der Waals surface area contributed by atoms with Crippen LogP contribution in [0.25, 0.3) is 0 Å². The van der Waals surface area contributed by atoms with Gasteiger partial charge in [0.2, 0.25) is 0 Å². The molecule has 3 N–H and O–H groups in total. The van der Waals surface area contributed by atoms with E-state index in [0.717, 1.165) is 5.56 Å². The van der Waals surface area contributed by atoms with E-state index in [1.165, 1.54) is 7.11 Å². The molecule has 0 radical (unpaired) electrons. The number of alkyl carbamates (subject to hydrolysis) is 1. The van der Waals surface area contributed by atoms with E-state index >= 15 is 0 Å². The van der Waals surface area contributed by atoms with Gasteiger partial charge in [0, 0.05) is 19.6 Å². The first-order valence-electron chi connectivity index (χ1n) is 7.50. The SMILES string of the molecule is COc1cc(CNC/C=C/CNC(=O)OC(C)(C)C)ccc1O. The maximum absolute atomic E-state index is 11.4. The summed E-state index contributed by atoms with van der Waals surface area (Å²) in [4.78, 5) is 11.4. The Labute approximate surface area is 137 Å². The fourth-order valence-corrected chi connectivity index (χ4v) is 1.75. The number of benzene rings is 1. The number of methoxy groups -OCH3 is 1. The van der Waals surface area contributed by atoms with E-state index in [4.69, 9.17) is 9.47 Å². The van der Waals surface area contributed by atoms with Crippen molar-refractivity contribution in [2.75, 3.05) is 20.2 Å². The van der Waals surface area contributed by atoms with Crippen molar-refractivity contribution >= 4 is 6.09 Å². The summed E-state index contributed by atoms with van der Waals surface area (Å²) in [6, 6.07) is 5.23. The van der Waals surface area contributed by atoms with Crippen molar-refractivity contribution in [1.29, 1.82) is 0 Å². The minimum atomic E-state index is -0.486. The number of hydrogen-bond acceptors (Lipinski definition) is 5. The van der Waals surface area contributed by atoms with Crippen molar-refractivity contribution in [1.82, 2.24) is 10.6 Å². The highest BCUT2D eigenvalue weighted by molar-refractivity contribution is 5.67. The number of carbonyl (C=O) groups excluding carboxylic acids is 1. The van der Waals surface area contributed by atoms with Crippen LogP contribution in [0, 0.1) is 0 Å². The van der Waals surface area contributed by atoms with Gasteiger partial charge >= 0.3 is 6.09 Å². The molecule has 0 aliphatic rings. The van der Waals surface area contributed by atoms with Crippen LogP contribution in [-0.4, -0.2) is 37.0 Å². The van der Waals surface area contributed by atoms with Crippen molar-refractivity contribution in [3.8, 4) is 11.5 Å². The molecule has 1 rings (SSSR count). The second-order valence-corrected chi connectivity index (χ2v) is 5.99. The lowest BCUT2D eigenvalue weighted by molar-refractivity contribution is 0.0534. The van der Waals surface area contributed by atoms with Crippen LogP contribution in [0.1, 0.15) is 26.3 Å². The fourth-order valence-electron chi connectivity index (χ4n) is 1.75. The van der Waals surface area contributed by atoms with Gasteiger partial charge < -0.3 is 25.2 Å². The normalized spacial score (nSPS) is 11.5. The van der Waals surface area contributed by atoms with Crippen LogP contribution < -0.4 is 15.4 Å². The van der Waals surface area contributed by atoms with Crippen LogP contribution >= 0.6 is 0 Å². The summed E-state index contributed by atoms with van der Waals surface area (Å²) in [5, 5.41) is 15.4. The fraction of sp³-hybridized carbons (Fsp3) is 0.471. The van der Waals surface area contributed by atoms with E-state index in [9.17, 15) is 9.90 Å². The Bertz CT molecular complexity index is 536. The quantitative estimate of drug-likeness (QED) is 0.531. The maximum Gasteiger partial charge on any atom is 0.407 e. The molecule has 0 aromatic heterocycles. The number of hydrogen-bond donors (Lipinski definition) is 3. The van der Waals surface area contributed by atoms with Crippen molar-refractivity contribution in [3.63, 3.8) is 0 Å². The summed E-state index contributed by atoms with van der Waals surface area (Å²) in [6.07, 6.45) is 3.36. The Balaban J connectivity index is 2.21. The van der Waals surface area contributed by atoms with Gasteiger partial charge in [0.1, 0.15) is 5.60 Å². The Hall–Kier alpha value is -2.21. The van der Waals surface area contributed by atoms with Gasteiger partial charge in [0.25, 0.3) is 0 Å². The zero-order valence-electron chi connectivity index (χ0n) is 14.2. The molecule has 128 valence electrons. The standard InChI is InChI=1S/C17H26N2O4/c1-17(2,3)23-16(21)19-10-6-5-9-18-12-13-7-8-14(20)15(11-13)22-4/h5-8,11,18,20H,9-10,12H2,1-4H3,(H,19,21)/b6-5+. The van der Waals surface area contributed by atoms with E-state index in [-0.39, 0.29) is 5.75 Å². The Kier molecular flexibility index (Phi) is 7.41. The van der Waals surface area contributed by atoms with Crippen LogP contribution in [0.5, 0.6) is 11.5 Å². The number of ether oxygens (including phenoxy) is 2. The summed E-state index contributed by atoms with van der Waals surface area (Å²) in [7, 11) is 1.52. The van der Waals surface area contributed by atoms with E-state index < -0.39 is 11.7 Å². The molecule has 6 heteroatoms. The molecule has 0 spiro atoms. The molecule has 0 aliphatic carbocycles. The van der Waals surface area contributed by atoms with Gasteiger partial charge in [-0.1, -0.05) is 18.2 Å². The van der Waals surface area contributed by atoms with Crippen molar-refractivity contribution in [3.05, 3.63) is 35.9 Å². The largest absolute Gasteiger partial charge is 0.504 e. The van der Waals surface area contributed by atoms with E-state index in [0.29, 0.717) is 25.4 Å². The molecule has 0 fully saturated rings. The van der Waals surface area contributed by atoms with Gasteiger partial charge in [-0.2, -0.15) is 0 Å². The van der Waals surface area contributed by atoms with Crippen molar-refractivity contribution in [2.45, 2.75) is 32.9 Å². The smallest absolute Gasteiger partial charge is 0.407 e. The monoisotopic (exact) mass is 322 g/mol.